The first-order chi connectivity index (χ1) is 8.68. The molecular formula is C12H16BFO4S. The lowest BCUT2D eigenvalue weighted by Gasteiger charge is -2.32. The van der Waals surface area contributed by atoms with E-state index in [2.05, 4.69) is 4.74 Å². The van der Waals surface area contributed by atoms with Crippen molar-refractivity contribution < 1.29 is 23.2 Å². The molecule has 1 aliphatic rings. The number of methoxy groups -OCH3 is 1. The zero-order chi connectivity index (χ0) is 14.4. The minimum atomic E-state index is -0.806. The van der Waals surface area contributed by atoms with Gasteiger partial charge in [-0.1, -0.05) is 11.3 Å². The van der Waals surface area contributed by atoms with Gasteiger partial charge < -0.3 is 14.0 Å². The number of rotatable bonds is 2. The summed E-state index contributed by atoms with van der Waals surface area (Å²) in [7, 11) is 0.452. The Kier molecular flexibility index (Phi) is 3.49. The fourth-order valence-corrected chi connectivity index (χ4v) is 2.53. The summed E-state index contributed by atoms with van der Waals surface area (Å²) in [5, 5.41) is -0.487. The van der Waals surface area contributed by atoms with E-state index in [1.807, 2.05) is 27.7 Å². The lowest BCUT2D eigenvalue weighted by Crippen LogP contribution is -2.41. The second-order valence-electron chi connectivity index (χ2n) is 5.42. The number of hydrogen-bond donors (Lipinski definition) is 0. The van der Waals surface area contributed by atoms with Gasteiger partial charge in [-0.15, -0.1) is 0 Å². The van der Waals surface area contributed by atoms with E-state index in [4.69, 9.17) is 9.31 Å². The van der Waals surface area contributed by atoms with E-state index in [0.29, 0.717) is 0 Å². The molecule has 0 bridgehead atoms. The molecule has 0 atom stereocenters. The van der Waals surface area contributed by atoms with E-state index in [1.165, 1.54) is 13.2 Å². The van der Waals surface area contributed by atoms with Gasteiger partial charge in [-0.2, -0.15) is 4.39 Å². The van der Waals surface area contributed by atoms with Crippen LogP contribution in [0.15, 0.2) is 6.07 Å². The maximum atomic E-state index is 13.9. The molecule has 0 spiro atoms. The quantitative estimate of drug-likeness (QED) is 0.616. The van der Waals surface area contributed by atoms with Gasteiger partial charge in [0.25, 0.3) is 0 Å². The highest BCUT2D eigenvalue weighted by Gasteiger charge is 2.52. The minimum absolute atomic E-state index is 0.199. The van der Waals surface area contributed by atoms with E-state index in [1.54, 1.807) is 0 Å². The normalized spacial score (nSPS) is 20.6. The first-order valence-corrected chi connectivity index (χ1v) is 6.73. The molecule has 0 aromatic carbocycles. The first kappa shape index (κ1) is 14.5. The second kappa shape index (κ2) is 4.57. The molecule has 2 heterocycles. The fourth-order valence-electron chi connectivity index (χ4n) is 1.71. The first-order valence-electron chi connectivity index (χ1n) is 5.91. The van der Waals surface area contributed by atoms with Crippen molar-refractivity contribution in [2.24, 2.45) is 0 Å². The van der Waals surface area contributed by atoms with E-state index in [9.17, 15) is 9.18 Å². The predicted molar refractivity (Wildman–Crippen MR) is 71.3 cm³/mol. The number of carbonyl (C=O) groups is 1. The third kappa shape index (κ3) is 2.42. The Morgan fingerprint density at radius 2 is 1.84 bits per heavy atom. The third-order valence-electron chi connectivity index (χ3n) is 3.61. The highest BCUT2D eigenvalue weighted by Crippen LogP contribution is 2.37. The molecule has 0 aliphatic carbocycles. The Balaban J connectivity index is 2.30. The molecule has 7 heteroatoms. The van der Waals surface area contributed by atoms with Crippen LogP contribution in [-0.4, -0.2) is 31.4 Å². The Morgan fingerprint density at radius 3 is 2.32 bits per heavy atom. The van der Waals surface area contributed by atoms with E-state index < -0.39 is 29.4 Å². The van der Waals surface area contributed by atoms with Gasteiger partial charge in [0.05, 0.1) is 18.3 Å². The molecule has 2 rings (SSSR count). The van der Waals surface area contributed by atoms with Crippen molar-refractivity contribution in [1.29, 1.82) is 0 Å². The smallest absolute Gasteiger partial charge is 0.465 e. The minimum Gasteiger partial charge on any atom is -0.465 e. The Labute approximate surface area is 116 Å². The van der Waals surface area contributed by atoms with Crippen LogP contribution in [0.3, 0.4) is 0 Å². The van der Waals surface area contributed by atoms with Crippen molar-refractivity contribution in [1.82, 2.24) is 0 Å². The number of hydrogen-bond acceptors (Lipinski definition) is 5. The monoisotopic (exact) mass is 286 g/mol. The standard InChI is InChI=1S/C12H16BFO4S/c1-11(2)12(3,4)18-13(17-11)7-6-8(10(15)16-5)19-9(7)14/h6H,1-5H3. The molecule has 0 radical (unpaired) electrons. The van der Waals surface area contributed by atoms with Crippen LogP contribution in [0.5, 0.6) is 0 Å². The zero-order valence-corrected chi connectivity index (χ0v) is 12.4. The molecule has 4 nitrogen and oxygen atoms in total. The number of esters is 1. The average Bonchev–Trinajstić information content (AvgIpc) is 2.77. The van der Waals surface area contributed by atoms with Gasteiger partial charge in [0.2, 0.25) is 0 Å². The van der Waals surface area contributed by atoms with Crippen LogP contribution in [0.4, 0.5) is 4.39 Å². The van der Waals surface area contributed by atoms with Gasteiger partial charge in [-0.25, -0.2) is 4.79 Å². The molecule has 19 heavy (non-hydrogen) atoms. The van der Waals surface area contributed by atoms with E-state index >= 15 is 0 Å². The molecule has 1 aromatic heterocycles. The molecule has 1 aromatic rings. The summed E-state index contributed by atoms with van der Waals surface area (Å²) in [4.78, 5) is 11.6. The number of ether oxygens (including phenoxy) is 1. The van der Waals surface area contributed by atoms with Crippen LogP contribution in [-0.2, 0) is 14.0 Å². The van der Waals surface area contributed by atoms with Crippen LogP contribution < -0.4 is 5.46 Å². The fraction of sp³-hybridized carbons (Fsp3) is 0.583. The van der Waals surface area contributed by atoms with Crippen molar-refractivity contribution in [3.05, 3.63) is 16.1 Å². The molecular weight excluding hydrogens is 270 g/mol. The van der Waals surface area contributed by atoms with Gasteiger partial charge in [0, 0.05) is 5.46 Å². The lowest BCUT2D eigenvalue weighted by atomic mass is 9.81. The Hall–Kier alpha value is -0.915. The summed E-state index contributed by atoms with van der Waals surface area (Å²) < 4.78 is 30.0. The molecule has 0 amide bonds. The van der Waals surface area contributed by atoms with Crippen LogP contribution in [0.25, 0.3) is 0 Å². The van der Waals surface area contributed by atoms with E-state index in [-0.39, 0.29) is 10.3 Å². The second-order valence-corrected chi connectivity index (χ2v) is 6.42. The van der Waals surface area contributed by atoms with Gasteiger partial charge in [-0.3, -0.25) is 0 Å². The van der Waals surface area contributed by atoms with Crippen molar-refractivity contribution in [3.63, 3.8) is 0 Å². The summed E-state index contributed by atoms with van der Waals surface area (Å²) in [6.07, 6.45) is 0. The van der Waals surface area contributed by atoms with E-state index in [0.717, 1.165) is 11.3 Å². The lowest BCUT2D eigenvalue weighted by molar-refractivity contribution is 0.00578. The average molecular weight is 286 g/mol. The number of halogens is 1. The molecule has 104 valence electrons. The maximum Gasteiger partial charge on any atom is 0.498 e. The Bertz CT molecular complexity index is 496. The number of carbonyl (C=O) groups excluding carboxylic acids is 1. The molecule has 0 unspecified atom stereocenters. The topological polar surface area (TPSA) is 44.8 Å². The summed E-state index contributed by atoms with van der Waals surface area (Å²) >= 11 is 0.733. The van der Waals surface area contributed by atoms with Crippen molar-refractivity contribution in [2.45, 2.75) is 38.9 Å². The van der Waals surface area contributed by atoms with Crippen molar-refractivity contribution in [3.8, 4) is 0 Å². The van der Waals surface area contributed by atoms with Crippen LogP contribution in [0.1, 0.15) is 37.4 Å². The van der Waals surface area contributed by atoms with Gasteiger partial charge in [-0.05, 0) is 33.8 Å². The van der Waals surface area contributed by atoms with Crippen molar-refractivity contribution in [2.75, 3.05) is 7.11 Å². The van der Waals surface area contributed by atoms with Gasteiger partial charge >= 0.3 is 13.1 Å². The number of thiophene rings is 1. The zero-order valence-electron chi connectivity index (χ0n) is 11.6. The van der Waals surface area contributed by atoms with Crippen molar-refractivity contribution >= 4 is 29.9 Å². The molecule has 0 saturated carbocycles. The largest absolute Gasteiger partial charge is 0.498 e. The third-order valence-corrected chi connectivity index (χ3v) is 4.53. The van der Waals surface area contributed by atoms with Crippen LogP contribution in [0.2, 0.25) is 0 Å². The molecule has 1 saturated heterocycles. The van der Waals surface area contributed by atoms with Gasteiger partial charge in [0.1, 0.15) is 4.88 Å². The summed E-state index contributed by atoms with van der Waals surface area (Å²) in [6, 6.07) is 1.42. The predicted octanol–water partition coefficient (Wildman–Crippen LogP) is 1.97. The summed E-state index contributed by atoms with van der Waals surface area (Å²) in [5.74, 6) is -0.563. The highest BCUT2D eigenvalue weighted by molar-refractivity contribution is 7.13. The highest BCUT2D eigenvalue weighted by atomic mass is 32.1. The van der Waals surface area contributed by atoms with Crippen LogP contribution >= 0.6 is 11.3 Å². The molecule has 0 N–H and O–H groups in total. The Morgan fingerprint density at radius 1 is 1.32 bits per heavy atom. The molecule has 1 aliphatic heterocycles. The molecule has 1 fully saturated rings. The summed E-state index contributed by atoms with van der Waals surface area (Å²) in [5.41, 5.74) is -0.848. The SMILES string of the molecule is COC(=O)c1cc(B2OC(C)(C)C(C)(C)O2)c(F)s1. The summed E-state index contributed by atoms with van der Waals surface area (Å²) in [6.45, 7) is 7.55. The maximum absolute atomic E-state index is 13.9. The van der Waals surface area contributed by atoms with Crippen LogP contribution in [0, 0.1) is 5.13 Å². The van der Waals surface area contributed by atoms with Gasteiger partial charge in [0.15, 0.2) is 5.13 Å².